The predicted octanol–water partition coefficient (Wildman–Crippen LogP) is -2.85. The molecular formula is C10H14Cl2N2O. The molecule has 0 bridgehead atoms. The van der Waals surface area contributed by atoms with Crippen LogP contribution in [0.25, 0.3) is 0 Å². The fraction of sp³-hybridized carbons (Fsp3) is 0.300. The van der Waals surface area contributed by atoms with Gasteiger partial charge in [0.1, 0.15) is 5.38 Å². The number of alkyl halides is 1. The highest BCUT2D eigenvalue weighted by molar-refractivity contribution is 6.30. The lowest BCUT2D eigenvalue weighted by Gasteiger charge is -2.12. The molecule has 0 fully saturated rings. The number of benzene rings is 1. The second kappa shape index (κ2) is 6.67. The maximum atomic E-state index is 11.5. The largest absolute Gasteiger partial charge is 1.00 e. The highest BCUT2D eigenvalue weighted by atomic mass is 35.5. The third kappa shape index (κ3) is 4.51. The SMILES string of the molecule is C[NH+](C)NC(=O)C(Cl)c1ccccc1.[Cl-]. The average molecular weight is 249 g/mol. The highest BCUT2D eigenvalue weighted by Gasteiger charge is 2.18. The Balaban J connectivity index is 0.00000196. The maximum Gasteiger partial charge on any atom is 0.287 e. The van der Waals surface area contributed by atoms with Gasteiger partial charge in [0.15, 0.2) is 0 Å². The number of quaternary nitrogens is 1. The molecule has 0 aliphatic carbocycles. The van der Waals surface area contributed by atoms with E-state index in [4.69, 9.17) is 11.6 Å². The molecule has 1 amide bonds. The molecule has 0 saturated carbocycles. The summed E-state index contributed by atoms with van der Waals surface area (Å²) >= 11 is 5.98. The lowest BCUT2D eigenvalue weighted by atomic mass is 10.1. The van der Waals surface area contributed by atoms with Crippen LogP contribution in [0.5, 0.6) is 0 Å². The summed E-state index contributed by atoms with van der Waals surface area (Å²) in [5, 5.41) is 0.225. The van der Waals surface area contributed by atoms with Crippen LogP contribution < -0.4 is 22.8 Å². The molecular weight excluding hydrogens is 235 g/mol. The van der Waals surface area contributed by atoms with Gasteiger partial charge in [-0.3, -0.25) is 4.79 Å². The molecule has 0 saturated heterocycles. The van der Waals surface area contributed by atoms with Crippen LogP contribution in [0.4, 0.5) is 0 Å². The maximum absolute atomic E-state index is 11.5. The van der Waals surface area contributed by atoms with Gasteiger partial charge in [-0.25, -0.2) is 10.4 Å². The topological polar surface area (TPSA) is 33.5 Å². The summed E-state index contributed by atoms with van der Waals surface area (Å²) in [6, 6.07) is 9.29. The summed E-state index contributed by atoms with van der Waals surface area (Å²) in [5.41, 5.74) is 3.50. The minimum absolute atomic E-state index is 0. The molecule has 0 radical (unpaired) electrons. The van der Waals surface area contributed by atoms with Crippen molar-refractivity contribution in [2.45, 2.75) is 5.38 Å². The monoisotopic (exact) mass is 248 g/mol. The van der Waals surface area contributed by atoms with E-state index in [9.17, 15) is 4.79 Å². The zero-order valence-electron chi connectivity index (χ0n) is 8.63. The second-order valence-corrected chi connectivity index (χ2v) is 3.70. The van der Waals surface area contributed by atoms with Gasteiger partial charge in [-0.15, -0.1) is 11.6 Å². The van der Waals surface area contributed by atoms with Gasteiger partial charge < -0.3 is 12.4 Å². The molecule has 15 heavy (non-hydrogen) atoms. The van der Waals surface area contributed by atoms with Crippen LogP contribution in [0.1, 0.15) is 10.9 Å². The second-order valence-electron chi connectivity index (χ2n) is 3.26. The Hall–Kier alpha value is -0.770. The molecule has 0 aromatic heterocycles. The highest BCUT2D eigenvalue weighted by Crippen LogP contribution is 2.19. The minimum Gasteiger partial charge on any atom is -1.00 e. The van der Waals surface area contributed by atoms with E-state index < -0.39 is 5.38 Å². The van der Waals surface area contributed by atoms with E-state index in [-0.39, 0.29) is 18.3 Å². The van der Waals surface area contributed by atoms with Crippen LogP contribution >= 0.6 is 11.6 Å². The molecule has 1 atom stereocenters. The number of hydrogen-bond acceptors (Lipinski definition) is 1. The first kappa shape index (κ1) is 14.2. The summed E-state index contributed by atoms with van der Waals surface area (Å²) in [4.78, 5) is 11.5. The minimum atomic E-state index is -0.619. The molecule has 1 aromatic carbocycles. The number of rotatable bonds is 3. The molecule has 2 N–H and O–H groups in total. The Kier molecular flexibility index (Phi) is 6.32. The molecule has 0 aliphatic heterocycles. The number of nitrogens with one attached hydrogen (secondary N) is 2. The quantitative estimate of drug-likeness (QED) is 0.439. The van der Waals surface area contributed by atoms with Gasteiger partial charge in [0.05, 0.1) is 14.1 Å². The Morgan fingerprint density at radius 1 is 1.33 bits per heavy atom. The van der Waals surface area contributed by atoms with Crippen LogP contribution in [-0.2, 0) is 4.79 Å². The molecule has 0 heterocycles. The van der Waals surface area contributed by atoms with E-state index in [2.05, 4.69) is 5.43 Å². The zero-order chi connectivity index (χ0) is 10.6. The van der Waals surface area contributed by atoms with E-state index in [0.29, 0.717) is 0 Å². The van der Waals surface area contributed by atoms with Crippen molar-refractivity contribution in [1.29, 1.82) is 0 Å². The first-order valence-electron chi connectivity index (χ1n) is 4.41. The Bertz CT molecular complexity index is 304. The summed E-state index contributed by atoms with van der Waals surface area (Å²) in [6.45, 7) is 0. The number of halogens is 2. The molecule has 84 valence electrons. The molecule has 1 unspecified atom stereocenters. The normalized spacial score (nSPS) is 11.7. The Morgan fingerprint density at radius 2 is 1.87 bits per heavy atom. The average Bonchev–Trinajstić information content (AvgIpc) is 2.17. The van der Waals surface area contributed by atoms with Crippen molar-refractivity contribution < 1.29 is 22.2 Å². The number of hydrogen-bond donors (Lipinski definition) is 2. The summed E-state index contributed by atoms with van der Waals surface area (Å²) in [5.74, 6) is -0.183. The van der Waals surface area contributed by atoms with Crippen LogP contribution in [0.3, 0.4) is 0 Å². The van der Waals surface area contributed by atoms with Gasteiger partial charge in [0, 0.05) is 0 Å². The van der Waals surface area contributed by atoms with Crippen LogP contribution in [0.15, 0.2) is 30.3 Å². The van der Waals surface area contributed by atoms with Gasteiger partial charge in [0.25, 0.3) is 5.91 Å². The van der Waals surface area contributed by atoms with E-state index in [1.807, 2.05) is 44.4 Å². The summed E-state index contributed by atoms with van der Waals surface area (Å²) in [6.07, 6.45) is 0. The first-order chi connectivity index (χ1) is 6.61. The smallest absolute Gasteiger partial charge is 0.287 e. The summed E-state index contributed by atoms with van der Waals surface area (Å²) < 4.78 is 0. The number of carbonyl (C=O) groups is 1. The van der Waals surface area contributed by atoms with Crippen molar-refractivity contribution in [1.82, 2.24) is 5.43 Å². The third-order valence-electron chi connectivity index (χ3n) is 1.70. The molecule has 5 heteroatoms. The van der Waals surface area contributed by atoms with Crippen molar-refractivity contribution in [3.63, 3.8) is 0 Å². The lowest BCUT2D eigenvalue weighted by molar-refractivity contribution is -0.896. The molecule has 3 nitrogen and oxygen atoms in total. The predicted molar refractivity (Wildman–Crippen MR) is 56.0 cm³/mol. The molecule has 0 aliphatic rings. The van der Waals surface area contributed by atoms with Gasteiger partial charge in [-0.2, -0.15) is 0 Å². The van der Waals surface area contributed by atoms with E-state index in [1.165, 1.54) is 0 Å². The molecule has 1 rings (SSSR count). The fourth-order valence-corrected chi connectivity index (χ4v) is 1.28. The van der Waals surface area contributed by atoms with Gasteiger partial charge in [0.2, 0.25) is 0 Å². The number of amides is 1. The van der Waals surface area contributed by atoms with Gasteiger partial charge in [-0.1, -0.05) is 30.3 Å². The van der Waals surface area contributed by atoms with Crippen LogP contribution in [0.2, 0.25) is 0 Å². The van der Waals surface area contributed by atoms with E-state index in [0.717, 1.165) is 10.6 Å². The van der Waals surface area contributed by atoms with E-state index >= 15 is 0 Å². The Labute approximate surface area is 101 Å². The fourth-order valence-electron chi connectivity index (χ4n) is 1.08. The van der Waals surface area contributed by atoms with E-state index in [1.54, 1.807) is 0 Å². The van der Waals surface area contributed by atoms with Crippen LogP contribution in [0, 0.1) is 0 Å². The lowest BCUT2D eigenvalue weighted by Crippen LogP contribution is -3.13. The third-order valence-corrected chi connectivity index (χ3v) is 2.15. The number of carbonyl (C=O) groups excluding carboxylic acids is 1. The summed E-state index contributed by atoms with van der Waals surface area (Å²) in [7, 11) is 3.65. The molecule has 0 spiro atoms. The standard InChI is InChI=1S/C10H13ClN2O.ClH/c1-13(2)12-10(14)9(11)8-6-4-3-5-7-8;/h3-7,9H,1-2H3,(H,12,14);1H. The van der Waals surface area contributed by atoms with Crippen molar-refractivity contribution in [3.8, 4) is 0 Å². The van der Waals surface area contributed by atoms with Crippen molar-refractivity contribution in [3.05, 3.63) is 35.9 Å². The van der Waals surface area contributed by atoms with Crippen molar-refractivity contribution >= 4 is 17.5 Å². The zero-order valence-corrected chi connectivity index (χ0v) is 10.1. The van der Waals surface area contributed by atoms with Gasteiger partial charge in [-0.05, 0) is 5.56 Å². The van der Waals surface area contributed by atoms with Gasteiger partial charge >= 0.3 is 0 Å². The molecule has 1 aromatic rings. The van der Waals surface area contributed by atoms with Crippen LogP contribution in [-0.4, -0.2) is 20.0 Å². The Morgan fingerprint density at radius 3 is 2.33 bits per heavy atom. The van der Waals surface area contributed by atoms with Crippen molar-refractivity contribution in [2.24, 2.45) is 0 Å². The first-order valence-corrected chi connectivity index (χ1v) is 4.85. The van der Waals surface area contributed by atoms with Crippen molar-refractivity contribution in [2.75, 3.05) is 14.1 Å².